The number of aliphatic hydroxyl groups excluding tert-OH is 1. The number of nitrogens with one attached hydrogen (secondary N) is 1. The smallest absolute Gasteiger partial charge is 0.245 e. The van der Waals surface area contributed by atoms with Gasteiger partial charge in [0.05, 0.1) is 13.2 Å². The van der Waals surface area contributed by atoms with Crippen molar-refractivity contribution in [2.75, 3.05) is 24.7 Å². The molecule has 1 fully saturated rings. The van der Waals surface area contributed by atoms with Gasteiger partial charge in [0.1, 0.15) is 11.8 Å². The molecule has 0 spiro atoms. The zero-order valence-electron chi connectivity index (χ0n) is 11.3. The van der Waals surface area contributed by atoms with Crippen molar-refractivity contribution in [2.24, 2.45) is 0 Å². The van der Waals surface area contributed by atoms with Crippen LogP contribution in [0.15, 0.2) is 24.3 Å². The Balaban J connectivity index is 2.23. The lowest BCUT2D eigenvalue weighted by Gasteiger charge is -2.41. The van der Waals surface area contributed by atoms with Gasteiger partial charge in [-0.1, -0.05) is 0 Å². The molecule has 1 saturated heterocycles. The van der Waals surface area contributed by atoms with Gasteiger partial charge in [-0.3, -0.25) is 4.79 Å². The van der Waals surface area contributed by atoms with Crippen molar-refractivity contribution in [1.29, 1.82) is 0 Å². The fourth-order valence-electron chi connectivity index (χ4n) is 2.38. The first kappa shape index (κ1) is 13.7. The Morgan fingerprint density at radius 1 is 1.42 bits per heavy atom. The average molecular weight is 264 g/mol. The second-order valence-corrected chi connectivity index (χ2v) is 4.63. The van der Waals surface area contributed by atoms with Gasteiger partial charge in [0.25, 0.3) is 0 Å². The first-order valence-electron chi connectivity index (χ1n) is 6.57. The van der Waals surface area contributed by atoms with Gasteiger partial charge >= 0.3 is 0 Å². The quantitative estimate of drug-likeness (QED) is 0.843. The minimum absolute atomic E-state index is 0.130. The molecule has 0 saturated carbocycles. The van der Waals surface area contributed by atoms with Gasteiger partial charge in [0.2, 0.25) is 5.91 Å². The molecule has 5 nitrogen and oxygen atoms in total. The van der Waals surface area contributed by atoms with Gasteiger partial charge in [0, 0.05) is 18.3 Å². The fraction of sp³-hybridized carbons (Fsp3) is 0.500. The summed E-state index contributed by atoms with van der Waals surface area (Å²) in [5.41, 5.74) is 0.921. The molecule has 2 atom stereocenters. The molecule has 1 aliphatic rings. The number of carbonyl (C=O) groups is 1. The van der Waals surface area contributed by atoms with E-state index in [0.29, 0.717) is 13.2 Å². The van der Waals surface area contributed by atoms with E-state index in [9.17, 15) is 9.90 Å². The Labute approximate surface area is 113 Å². The number of hydrogen-bond acceptors (Lipinski definition) is 4. The monoisotopic (exact) mass is 264 g/mol. The molecule has 2 unspecified atom stereocenters. The second-order valence-electron chi connectivity index (χ2n) is 4.63. The van der Waals surface area contributed by atoms with Crippen LogP contribution in [0.4, 0.5) is 5.69 Å². The molecular weight excluding hydrogens is 244 g/mol. The van der Waals surface area contributed by atoms with Crippen molar-refractivity contribution < 1.29 is 14.6 Å². The van der Waals surface area contributed by atoms with Gasteiger partial charge in [-0.05, 0) is 38.1 Å². The number of piperazine rings is 1. The Hall–Kier alpha value is -1.75. The van der Waals surface area contributed by atoms with Crippen LogP contribution in [0.3, 0.4) is 0 Å². The third kappa shape index (κ3) is 2.81. The molecule has 1 heterocycles. The third-order valence-electron chi connectivity index (χ3n) is 3.30. The molecule has 104 valence electrons. The van der Waals surface area contributed by atoms with E-state index in [-0.39, 0.29) is 18.6 Å². The molecule has 2 N–H and O–H groups in total. The van der Waals surface area contributed by atoms with Crippen LogP contribution < -0.4 is 15.0 Å². The Bertz CT molecular complexity index is 433. The van der Waals surface area contributed by atoms with Gasteiger partial charge in [-0.15, -0.1) is 0 Å². The SMILES string of the molecule is CCOc1ccc(N2C(C)CNC(=O)C2CO)cc1. The number of rotatable bonds is 4. The van der Waals surface area contributed by atoms with E-state index in [1.54, 1.807) is 0 Å². The Morgan fingerprint density at radius 2 is 2.11 bits per heavy atom. The summed E-state index contributed by atoms with van der Waals surface area (Å²) in [7, 11) is 0. The van der Waals surface area contributed by atoms with E-state index < -0.39 is 6.04 Å². The van der Waals surface area contributed by atoms with Crippen molar-refractivity contribution in [3.05, 3.63) is 24.3 Å². The molecule has 19 heavy (non-hydrogen) atoms. The van der Waals surface area contributed by atoms with Crippen LogP contribution in [0.1, 0.15) is 13.8 Å². The van der Waals surface area contributed by atoms with Crippen LogP contribution in [-0.4, -0.2) is 42.9 Å². The Morgan fingerprint density at radius 3 is 2.68 bits per heavy atom. The zero-order chi connectivity index (χ0) is 13.8. The predicted octanol–water partition coefficient (Wildman–Crippen LogP) is 0.771. The lowest BCUT2D eigenvalue weighted by atomic mass is 10.1. The van der Waals surface area contributed by atoms with E-state index in [1.165, 1.54) is 0 Å². The molecule has 0 bridgehead atoms. The summed E-state index contributed by atoms with van der Waals surface area (Å²) in [5.74, 6) is 0.676. The highest BCUT2D eigenvalue weighted by molar-refractivity contribution is 5.87. The normalized spacial score (nSPS) is 23.1. The lowest BCUT2D eigenvalue weighted by Crippen LogP contribution is -2.61. The summed E-state index contributed by atoms with van der Waals surface area (Å²) in [6, 6.07) is 7.22. The number of carbonyl (C=O) groups excluding carboxylic acids is 1. The maximum atomic E-state index is 11.8. The van der Waals surface area contributed by atoms with Crippen molar-refractivity contribution in [1.82, 2.24) is 5.32 Å². The lowest BCUT2D eigenvalue weighted by molar-refractivity contribution is -0.124. The summed E-state index contributed by atoms with van der Waals surface area (Å²) < 4.78 is 5.40. The van der Waals surface area contributed by atoms with Crippen molar-refractivity contribution in [3.8, 4) is 5.75 Å². The molecule has 1 aliphatic heterocycles. The van der Waals surface area contributed by atoms with Crippen molar-refractivity contribution >= 4 is 11.6 Å². The number of amides is 1. The molecule has 2 rings (SSSR count). The van der Waals surface area contributed by atoms with Crippen LogP contribution in [0, 0.1) is 0 Å². The van der Waals surface area contributed by atoms with Crippen LogP contribution >= 0.6 is 0 Å². The molecule has 5 heteroatoms. The summed E-state index contributed by atoms with van der Waals surface area (Å²) in [5, 5.41) is 12.2. The minimum atomic E-state index is -0.526. The van der Waals surface area contributed by atoms with Gasteiger partial charge < -0.3 is 20.1 Å². The summed E-state index contributed by atoms with van der Waals surface area (Å²) >= 11 is 0. The topological polar surface area (TPSA) is 61.8 Å². The Kier molecular flexibility index (Phi) is 4.27. The standard InChI is InChI=1S/C14H20N2O3/c1-3-19-12-6-4-11(5-7-12)16-10(2)8-15-14(18)13(16)9-17/h4-7,10,13,17H,3,8-9H2,1-2H3,(H,15,18). The van der Waals surface area contributed by atoms with E-state index in [4.69, 9.17) is 4.74 Å². The van der Waals surface area contributed by atoms with Crippen molar-refractivity contribution in [3.63, 3.8) is 0 Å². The summed E-state index contributed by atoms with van der Waals surface area (Å²) in [6.07, 6.45) is 0. The largest absolute Gasteiger partial charge is 0.494 e. The van der Waals surface area contributed by atoms with Gasteiger partial charge in [0.15, 0.2) is 0 Å². The average Bonchev–Trinajstić information content (AvgIpc) is 2.42. The van der Waals surface area contributed by atoms with Crippen LogP contribution in [-0.2, 0) is 4.79 Å². The zero-order valence-corrected chi connectivity index (χ0v) is 11.3. The maximum absolute atomic E-state index is 11.8. The summed E-state index contributed by atoms with van der Waals surface area (Å²) in [6.45, 7) is 4.98. The highest BCUT2D eigenvalue weighted by Gasteiger charge is 2.33. The molecule has 1 aromatic carbocycles. The van der Waals surface area contributed by atoms with E-state index in [2.05, 4.69) is 5.32 Å². The number of benzene rings is 1. The number of ether oxygens (including phenoxy) is 1. The van der Waals surface area contributed by atoms with E-state index in [1.807, 2.05) is 43.0 Å². The van der Waals surface area contributed by atoms with Crippen LogP contribution in [0.2, 0.25) is 0 Å². The number of anilines is 1. The maximum Gasteiger partial charge on any atom is 0.245 e. The first-order valence-corrected chi connectivity index (χ1v) is 6.57. The molecule has 0 aliphatic carbocycles. The molecule has 0 aromatic heterocycles. The van der Waals surface area contributed by atoms with Gasteiger partial charge in [-0.2, -0.15) is 0 Å². The number of aliphatic hydroxyl groups is 1. The molecule has 1 amide bonds. The summed E-state index contributed by atoms with van der Waals surface area (Å²) in [4.78, 5) is 13.7. The first-order chi connectivity index (χ1) is 9.17. The molecule has 0 radical (unpaired) electrons. The molecular formula is C14H20N2O3. The fourth-order valence-corrected chi connectivity index (χ4v) is 2.38. The van der Waals surface area contributed by atoms with E-state index in [0.717, 1.165) is 11.4 Å². The minimum Gasteiger partial charge on any atom is -0.494 e. The highest BCUT2D eigenvalue weighted by Crippen LogP contribution is 2.25. The van der Waals surface area contributed by atoms with Gasteiger partial charge in [-0.25, -0.2) is 0 Å². The van der Waals surface area contributed by atoms with Crippen LogP contribution in [0.5, 0.6) is 5.75 Å². The highest BCUT2D eigenvalue weighted by atomic mass is 16.5. The number of hydrogen-bond donors (Lipinski definition) is 2. The van der Waals surface area contributed by atoms with E-state index >= 15 is 0 Å². The predicted molar refractivity (Wildman–Crippen MR) is 73.4 cm³/mol. The van der Waals surface area contributed by atoms with Crippen molar-refractivity contribution in [2.45, 2.75) is 25.9 Å². The third-order valence-corrected chi connectivity index (χ3v) is 3.30. The van der Waals surface area contributed by atoms with Crippen LogP contribution in [0.25, 0.3) is 0 Å². The second kappa shape index (κ2) is 5.93. The number of nitrogens with zero attached hydrogens (tertiary/aromatic N) is 1. The molecule has 1 aromatic rings.